The first-order chi connectivity index (χ1) is 7.08. The van der Waals surface area contributed by atoms with Crippen LogP contribution in [0.5, 0.6) is 0 Å². The minimum absolute atomic E-state index is 0.00758. The summed E-state index contributed by atoms with van der Waals surface area (Å²) in [5.41, 5.74) is 0.693. The van der Waals surface area contributed by atoms with Crippen molar-refractivity contribution in [2.45, 2.75) is 19.8 Å². The van der Waals surface area contributed by atoms with Crippen molar-refractivity contribution in [1.29, 1.82) is 0 Å². The molecule has 0 aromatic carbocycles. The molecule has 4 nitrogen and oxygen atoms in total. The summed E-state index contributed by atoms with van der Waals surface area (Å²) in [6.45, 7) is 1.73. The largest absolute Gasteiger partial charge is 0.477 e. The highest BCUT2D eigenvalue weighted by Crippen LogP contribution is 2.32. The predicted molar refractivity (Wildman–Crippen MR) is 57.4 cm³/mol. The third-order valence-corrected chi connectivity index (χ3v) is 3.45. The summed E-state index contributed by atoms with van der Waals surface area (Å²) < 4.78 is 0. The molecule has 0 atom stereocenters. The van der Waals surface area contributed by atoms with E-state index in [1.165, 1.54) is 0 Å². The minimum Gasteiger partial charge on any atom is -0.477 e. The number of hydrogen-bond acceptors (Lipinski definition) is 3. The zero-order chi connectivity index (χ0) is 11.0. The lowest BCUT2D eigenvalue weighted by Gasteiger charge is -1.98. The van der Waals surface area contributed by atoms with E-state index in [0.717, 1.165) is 24.2 Å². The number of amides is 1. The number of aryl methyl sites for hydroxylation is 1. The van der Waals surface area contributed by atoms with Crippen molar-refractivity contribution in [1.82, 2.24) is 0 Å². The molecule has 1 aliphatic rings. The molecule has 0 radical (unpaired) electrons. The number of thiophene rings is 1. The first-order valence-electron chi connectivity index (χ1n) is 4.72. The summed E-state index contributed by atoms with van der Waals surface area (Å²) in [6.07, 6.45) is 1.89. The Bertz CT molecular complexity index is 420. The number of carboxylic acids is 1. The van der Waals surface area contributed by atoms with Crippen LogP contribution in [-0.4, -0.2) is 17.0 Å². The third-order valence-electron chi connectivity index (χ3n) is 2.31. The summed E-state index contributed by atoms with van der Waals surface area (Å²) >= 11 is 1.11. The molecule has 5 heteroatoms. The van der Waals surface area contributed by atoms with Crippen LogP contribution in [0.2, 0.25) is 0 Å². The van der Waals surface area contributed by atoms with Crippen molar-refractivity contribution < 1.29 is 14.7 Å². The van der Waals surface area contributed by atoms with E-state index < -0.39 is 5.97 Å². The van der Waals surface area contributed by atoms with Crippen LogP contribution >= 0.6 is 11.3 Å². The Morgan fingerprint density at radius 1 is 1.53 bits per heavy atom. The summed E-state index contributed by atoms with van der Waals surface area (Å²) in [5, 5.41) is 12.2. The molecular weight excluding hydrogens is 214 g/mol. The molecule has 0 unspecified atom stereocenters. The topological polar surface area (TPSA) is 66.4 Å². The molecule has 2 rings (SSSR count). The fraction of sp³-hybridized carbons (Fsp3) is 0.400. The molecule has 1 aromatic rings. The zero-order valence-corrected chi connectivity index (χ0v) is 9.06. The molecule has 1 aromatic heterocycles. The lowest BCUT2D eigenvalue weighted by atomic mass is 10.3. The fourth-order valence-electron chi connectivity index (χ4n) is 1.33. The summed E-state index contributed by atoms with van der Waals surface area (Å²) in [4.78, 5) is 22.5. The smallest absolute Gasteiger partial charge is 0.346 e. The maximum absolute atomic E-state index is 11.4. The average molecular weight is 225 g/mol. The van der Waals surface area contributed by atoms with Crippen molar-refractivity contribution in [3.8, 4) is 0 Å². The van der Waals surface area contributed by atoms with E-state index in [-0.39, 0.29) is 11.8 Å². The summed E-state index contributed by atoms with van der Waals surface area (Å²) in [7, 11) is 0. The Kier molecular flexibility index (Phi) is 2.48. The van der Waals surface area contributed by atoms with Gasteiger partial charge < -0.3 is 10.4 Å². The molecule has 1 aliphatic carbocycles. The Balaban J connectivity index is 2.11. The van der Waals surface area contributed by atoms with Gasteiger partial charge in [-0.3, -0.25) is 4.79 Å². The molecule has 1 saturated carbocycles. The predicted octanol–water partition coefficient (Wildman–Crippen LogP) is 2.10. The van der Waals surface area contributed by atoms with Gasteiger partial charge in [0.2, 0.25) is 5.91 Å². The Labute approximate surface area is 90.9 Å². The first kappa shape index (κ1) is 10.2. The highest BCUT2D eigenvalue weighted by molar-refractivity contribution is 7.18. The van der Waals surface area contributed by atoms with Crippen LogP contribution in [0.1, 0.15) is 28.1 Å². The second-order valence-corrected chi connectivity index (χ2v) is 4.74. The number of nitrogens with one attached hydrogen (secondary N) is 1. The lowest BCUT2D eigenvalue weighted by molar-refractivity contribution is -0.117. The van der Waals surface area contributed by atoms with Gasteiger partial charge in [-0.1, -0.05) is 0 Å². The van der Waals surface area contributed by atoms with Gasteiger partial charge in [-0.2, -0.15) is 0 Å². The van der Waals surface area contributed by atoms with Gasteiger partial charge >= 0.3 is 5.97 Å². The highest BCUT2D eigenvalue weighted by atomic mass is 32.1. The van der Waals surface area contributed by atoms with Crippen LogP contribution in [0, 0.1) is 12.8 Å². The SMILES string of the molecule is Cc1cc(NC(=O)C2CC2)sc1C(=O)O. The maximum atomic E-state index is 11.4. The second-order valence-electron chi connectivity index (χ2n) is 3.69. The van der Waals surface area contributed by atoms with Gasteiger partial charge in [-0.25, -0.2) is 4.79 Å². The zero-order valence-electron chi connectivity index (χ0n) is 8.24. The standard InChI is InChI=1S/C10H11NO3S/c1-5-4-7(15-8(5)10(13)14)11-9(12)6-2-3-6/h4,6H,2-3H2,1H3,(H,11,12)(H,13,14). The molecule has 0 spiro atoms. The van der Waals surface area contributed by atoms with Gasteiger partial charge in [-0.15, -0.1) is 11.3 Å². The quantitative estimate of drug-likeness (QED) is 0.827. The monoisotopic (exact) mass is 225 g/mol. The van der Waals surface area contributed by atoms with Crippen molar-refractivity contribution >= 4 is 28.2 Å². The number of carbonyl (C=O) groups excluding carboxylic acids is 1. The number of rotatable bonds is 3. The van der Waals surface area contributed by atoms with Gasteiger partial charge in [0.1, 0.15) is 4.88 Å². The van der Waals surface area contributed by atoms with Crippen molar-refractivity contribution in [2.24, 2.45) is 5.92 Å². The number of aromatic carboxylic acids is 1. The van der Waals surface area contributed by atoms with Crippen LogP contribution in [0.25, 0.3) is 0 Å². The molecule has 2 N–H and O–H groups in total. The normalized spacial score (nSPS) is 15.0. The van der Waals surface area contributed by atoms with E-state index in [0.29, 0.717) is 15.4 Å². The molecule has 80 valence electrons. The molecule has 0 aliphatic heterocycles. The van der Waals surface area contributed by atoms with E-state index in [9.17, 15) is 9.59 Å². The van der Waals surface area contributed by atoms with Crippen LogP contribution < -0.4 is 5.32 Å². The number of hydrogen-bond donors (Lipinski definition) is 2. The van der Waals surface area contributed by atoms with Gasteiger partial charge in [0.25, 0.3) is 0 Å². The number of carboxylic acid groups (broad SMARTS) is 1. The van der Waals surface area contributed by atoms with Gasteiger partial charge in [0.05, 0.1) is 5.00 Å². The van der Waals surface area contributed by atoms with E-state index in [4.69, 9.17) is 5.11 Å². The Morgan fingerprint density at radius 3 is 2.67 bits per heavy atom. The lowest BCUT2D eigenvalue weighted by Crippen LogP contribution is -2.11. The van der Waals surface area contributed by atoms with Crippen molar-refractivity contribution in [3.63, 3.8) is 0 Å². The van der Waals surface area contributed by atoms with Crippen molar-refractivity contribution in [2.75, 3.05) is 5.32 Å². The molecule has 1 fully saturated rings. The molecule has 1 heterocycles. The molecule has 0 bridgehead atoms. The molecule has 1 amide bonds. The van der Waals surface area contributed by atoms with E-state index in [1.807, 2.05) is 0 Å². The third kappa shape index (κ3) is 2.18. The van der Waals surface area contributed by atoms with E-state index in [2.05, 4.69) is 5.32 Å². The molecular formula is C10H11NO3S. The van der Waals surface area contributed by atoms with Crippen LogP contribution in [0.3, 0.4) is 0 Å². The average Bonchev–Trinajstić information content (AvgIpc) is 2.91. The van der Waals surface area contributed by atoms with Gasteiger partial charge in [0.15, 0.2) is 0 Å². The van der Waals surface area contributed by atoms with E-state index in [1.54, 1.807) is 13.0 Å². The Morgan fingerprint density at radius 2 is 2.20 bits per heavy atom. The van der Waals surface area contributed by atoms with Crippen LogP contribution in [0.15, 0.2) is 6.07 Å². The maximum Gasteiger partial charge on any atom is 0.346 e. The molecule has 0 saturated heterocycles. The van der Waals surface area contributed by atoms with Crippen LogP contribution in [-0.2, 0) is 4.79 Å². The van der Waals surface area contributed by atoms with E-state index >= 15 is 0 Å². The molecule has 15 heavy (non-hydrogen) atoms. The highest BCUT2D eigenvalue weighted by Gasteiger charge is 2.30. The Hall–Kier alpha value is -1.36. The minimum atomic E-state index is -0.940. The summed E-state index contributed by atoms with van der Waals surface area (Å²) in [5.74, 6) is -0.793. The number of carbonyl (C=O) groups is 2. The fourth-order valence-corrected chi connectivity index (χ4v) is 2.24. The van der Waals surface area contributed by atoms with Crippen molar-refractivity contribution in [3.05, 3.63) is 16.5 Å². The summed E-state index contributed by atoms with van der Waals surface area (Å²) in [6, 6.07) is 1.70. The van der Waals surface area contributed by atoms with Gasteiger partial charge in [-0.05, 0) is 31.4 Å². The first-order valence-corrected chi connectivity index (χ1v) is 5.54. The number of anilines is 1. The van der Waals surface area contributed by atoms with Gasteiger partial charge in [0, 0.05) is 5.92 Å². The second kappa shape index (κ2) is 3.66. The van der Waals surface area contributed by atoms with Crippen LogP contribution in [0.4, 0.5) is 5.00 Å².